The van der Waals surface area contributed by atoms with E-state index in [1.54, 1.807) is 0 Å². The molecule has 1 atom stereocenters. The summed E-state index contributed by atoms with van der Waals surface area (Å²) in [6.07, 6.45) is 0. The van der Waals surface area contributed by atoms with Gasteiger partial charge < -0.3 is 14.8 Å². The van der Waals surface area contributed by atoms with Gasteiger partial charge in [-0.15, -0.1) is 0 Å². The molecule has 0 aromatic rings. The summed E-state index contributed by atoms with van der Waals surface area (Å²) in [5.41, 5.74) is 0. The lowest BCUT2D eigenvalue weighted by Crippen LogP contribution is -2.48. The first-order valence-electron chi connectivity index (χ1n) is 4.33. The fourth-order valence-electron chi connectivity index (χ4n) is 1.15. The molecule has 1 unspecified atom stereocenters. The van der Waals surface area contributed by atoms with Crippen LogP contribution in [0.1, 0.15) is 13.8 Å². The van der Waals surface area contributed by atoms with E-state index in [4.69, 9.17) is 17.9 Å². The lowest BCUT2D eigenvalue weighted by atomic mass is 10.1. The first kappa shape index (κ1) is 12.5. The Morgan fingerprint density at radius 1 is 1.54 bits per heavy atom. The molecule has 2 radical (unpaired) electrons. The van der Waals surface area contributed by atoms with Crippen molar-refractivity contribution in [2.24, 2.45) is 0 Å². The molecule has 13 heavy (non-hydrogen) atoms. The van der Waals surface area contributed by atoms with E-state index in [0.29, 0.717) is 6.04 Å². The summed E-state index contributed by atoms with van der Waals surface area (Å²) in [6.45, 7) is 6.42. The van der Waals surface area contributed by atoms with Crippen molar-refractivity contribution < 1.29 is 9.90 Å². The molecule has 1 fully saturated rings. The summed E-state index contributed by atoms with van der Waals surface area (Å²) in [5, 5.41) is 7.42. The Hall–Kier alpha value is -0.545. The minimum atomic E-state index is -0.833. The van der Waals surface area contributed by atoms with E-state index in [2.05, 4.69) is 18.9 Å². The number of nitrogens with zero attached hydrogens (tertiary/aromatic N) is 2. The number of carboxylic acids is 1. The summed E-state index contributed by atoms with van der Waals surface area (Å²) in [4.78, 5) is 13.2. The Morgan fingerprint density at radius 2 is 2.00 bits per heavy atom. The largest absolute Gasteiger partial charge is 0.481 e. The third-order valence-corrected chi connectivity index (χ3v) is 1.88. The second-order valence-corrected chi connectivity index (χ2v) is 3.37. The molecule has 74 valence electrons. The summed E-state index contributed by atoms with van der Waals surface area (Å²) in [7, 11) is 7.78. The third kappa shape index (κ3) is 6.60. The number of rotatable bonds is 0. The van der Waals surface area contributed by atoms with Crippen LogP contribution in [0, 0.1) is 0 Å². The van der Waals surface area contributed by atoms with Crippen LogP contribution in [0.4, 0.5) is 0 Å². The van der Waals surface area contributed by atoms with Gasteiger partial charge in [-0.05, 0) is 20.5 Å². The second kappa shape index (κ2) is 5.99. The minimum absolute atomic E-state index is 0.517. The van der Waals surface area contributed by atoms with Crippen molar-refractivity contribution in [3.05, 3.63) is 0 Å². The molecule has 5 heteroatoms. The van der Waals surface area contributed by atoms with E-state index < -0.39 is 5.97 Å². The number of carbonyl (C=O) groups is 1. The molecule has 0 saturated carbocycles. The van der Waals surface area contributed by atoms with Gasteiger partial charge in [0.2, 0.25) is 0 Å². The molecule has 0 bridgehead atoms. The molecule has 0 aliphatic carbocycles. The first-order chi connectivity index (χ1) is 5.93. The number of likely N-dealkylation sites (N-methyl/N-ethyl adjacent to an activating group) is 1. The first-order valence-corrected chi connectivity index (χ1v) is 4.33. The summed E-state index contributed by atoms with van der Waals surface area (Å²) in [6, 6.07) is 0.517. The average Bonchev–Trinajstić information content (AvgIpc) is 1.96. The van der Waals surface area contributed by atoms with E-state index in [-0.39, 0.29) is 0 Å². The second-order valence-electron chi connectivity index (χ2n) is 3.37. The normalized spacial score (nSPS) is 24.7. The van der Waals surface area contributed by atoms with Gasteiger partial charge in [-0.1, -0.05) is 0 Å². The quantitative estimate of drug-likeness (QED) is 0.529. The number of aliphatic carboxylic acids is 1. The average molecular weight is 184 g/mol. The monoisotopic (exact) mass is 184 g/mol. The molecule has 0 aromatic carbocycles. The molecule has 1 aliphatic rings. The lowest BCUT2D eigenvalue weighted by molar-refractivity contribution is -0.134. The van der Waals surface area contributed by atoms with Crippen molar-refractivity contribution in [2.45, 2.75) is 19.9 Å². The van der Waals surface area contributed by atoms with Gasteiger partial charge in [0.05, 0.1) is 0 Å². The maximum absolute atomic E-state index is 9.00. The van der Waals surface area contributed by atoms with Gasteiger partial charge >= 0.3 is 0 Å². The van der Waals surface area contributed by atoms with Crippen LogP contribution in [0.25, 0.3) is 0 Å². The molecule has 1 saturated heterocycles. The van der Waals surface area contributed by atoms with Crippen molar-refractivity contribution in [1.29, 1.82) is 0 Å². The van der Waals surface area contributed by atoms with Crippen molar-refractivity contribution in [1.82, 2.24) is 9.71 Å². The number of piperazine rings is 1. The summed E-state index contributed by atoms with van der Waals surface area (Å²) >= 11 is 0. The summed E-state index contributed by atoms with van der Waals surface area (Å²) in [5.74, 6) is -0.833. The number of hydrogen-bond acceptors (Lipinski definition) is 3. The fraction of sp³-hybridized carbons (Fsp3) is 0.875. The van der Waals surface area contributed by atoms with E-state index in [9.17, 15) is 0 Å². The third-order valence-electron chi connectivity index (χ3n) is 1.88. The van der Waals surface area contributed by atoms with Crippen LogP contribution in [0.3, 0.4) is 0 Å². The molecular formula is C8H17BN2O2. The Bertz CT molecular complexity index is 162. The molecule has 1 heterocycles. The molecule has 1 N–H and O–H groups in total. The van der Waals surface area contributed by atoms with Gasteiger partial charge in [-0.3, -0.25) is 4.79 Å². The minimum Gasteiger partial charge on any atom is -0.481 e. The van der Waals surface area contributed by atoms with Crippen LogP contribution in [0.15, 0.2) is 0 Å². The Balaban J connectivity index is 0.000000310. The molecule has 0 spiro atoms. The van der Waals surface area contributed by atoms with Crippen LogP contribution in [0.2, 0.25) is 0 Å². The Morgan fingerprint density at radius 3 is 2.31 bits per heavy atom. The predicted octanol–water partition coefficient (Wildman–Crippen LogP) is -0.203. The highest BCUT2D eigenvalue weighted by atomic mass is 16.4. The van der Waals surface area contributed by atoms with Gasteiger partial charge in [-0.25, -0.2) is 0 Å². The Labute approximate surface area is 80.9 Å². The van der Waals surface area contributed by atoms with E-state index in [1.165, 1.54) is 0 Å². The van der Waals surface area contributed by atoms with Crippen molar-refractivity contribution >= 4 is 14.0 Å². The molecule has 1 rings (SSSR count). The maximum Gasteiger partial charge on any atom is 0.300 e. The van der Waals surface area contributed by atoms with Crippen LogP contribution in [-0.2, 0) is 4.79 Å². The van der Waals surface area contributed by atoms with Crippen molar-refractivity contribution in [2.75, 3.05) is 26.7 Å². The topological polar surface area (TPSA) is 43.8 Å². The highest BCUT2D eigenvalue weighted by Crippen LogP contribution is 2.02. The number of hydrogen-bond donors (Lipinski definition) is 1. The van der Waals surface area contributed by atoms with Gasteiger partial charge in [0.15, 0.2) is 7.98 Å². The van der Waals surface area contributed by atoms with Crippen molar-refractivity contribution in [3.8, 4) is 0 Å². The smallest absolute Gasteiger partial charge is 0.300 e. The van der Waals surface area contributed by atoms with E-state index in [1.807, 2.05) is 4.81 Å². The predicted molar refractivity (Wildman–Crippen MR) is 52.7 cm³/mol. The number of carboxylic acid groups (broad SMARTS) is 1. The molecule has 4 nitrogen and oxygen atoms in total. The zero-order valence-corrected chi connectivity index (χ0v) is 8.53. The molecule has 0 amide bonds. The van der Waals surface area contributed by atoms with Gasteiger partial charge in [0.1, 0.15) is 0 Å². The van der Waals surface area contributed by atoms with Gasteiger partial charge in [-0.2, -0.15) is 0 Å². The highest BCUT2D eigenvalue weighted by Gasteiger charge is 2.16. The Kier molecular flexibility index (Phi) is 5.74. The van der Waals surface area contributed by atoms with Crippen LogP contribution < -0.4 is 0 Å². The standard InChI is InChI=1S/C6H13BN2.C2H4O2/c1-6-5-8(2)3-4-9(6)7;1-2(3)4/h6H,3-5H2,1-2H3;1H3,(H,3,4). The zero-order valence-electron chi connectivity index (χ0n) is 8.53. The van der Waals surface area contributed by atoms with E-state index >= 15 is 0 Å². The van der Waals surface area contributed by atoms with E-state index in [0.717, 1.165) is 26.6 Å². The zero-order chi connectivity index (χ0) is 10.4. The van der Waals surface area contributed by atoms with Gasteiger partial charge in [0.25, 0.3) is 5.97 Å². The SMILES string of the molecule is CC(=O)O.[B]N1CCN(C)CC1C. The fourth-order valence-corrected chi connectivity index (χ4v) is 1.15. The molecule has 1 aliphatic heterocycles. The van der Waals surface area contributed by atoms with Crippen LogP contribution in [0.5, 0.6) is 0 Å². The summed E-state index contributed by atoms with van der Waals surface area (Å²) < 4.78 is 0. The van der Waals surface area contributed by atoms with Crippen LogP contribution >= 0.6 is 0 Å². The molecule has 0 aromatic heterocycles. The molecular weight excluding hydrogens is 167 g/mol. The van der Waals surface area contributed by atoms with Crippen LogP contribution in [-0.4, -0.2) is 61.5 Å². The highest BCUT2D eigenvalue weighted by molar-refractivity contribution is 6.04. The maximum atomic E-state index is 9.00. The van der Waals surface area contributed by atoms with Crippen molar-refractivity contribution in [3.63, 3.8) is 0 Å². The van der Waals surface area contributed by atoms with Gasteiger partial charge in [0, 0.05) is 26.1 Å². The lowest BCUT2D eigenvalue weighted by Gasteiger charge is -2.36.